The first-order chi connectivity index (χ1) is 4.73. The fourth-order valence-corrected chi connectivity index (χ4v) is 0.385. The lowest BCUT2D eigenvalue weighted by Gasteiger charge is -1.69. The molecule has 2 heteroatoms. The molecule has 0 saturated heterocycles. The van der Waals surface area contributed by atoms with Gasteiger partial charge in [0.15, 0.2) is 4.69 Å². The van der Waals surface area contributed by atoms with Gasteiger partial charge in [-0.1, -0.05) is 36.4 Å². The van der Waals surface area contributed by atoms with E-state index in [9.17, 15) is 4.79 Å². The first-order valence-corrected chi connectivity index (χ1v) is 3.69. The summed E-state index contributed by atoms with van der Waals surface area (Å²) >= 11 is 2.63. The largest absolute Gasteiger partial charge is 0.287 e. The van der Waals surface area contributed by atoms with E-state index in [0.29, 0.717) is 0 Å². The van der Waals surface area contributed by atoms with Crippen LogP contribution >= 0.6 is 15.9 Å². The second-order valence-electron chi connectivity index (χ2n) is 1.62. The molecular formula is C8H9BrO. The molecule has 0 N–H and O–H groups in total. The summed E-state index contributed by atoms with van der Waals surface area (Å²) in [5, 5.41) is 0. The molecular weight excluding hydrogens is 192 g/mol. The molecule has 0 fully saturated rings. The maximum absolute atomic E-state index is 9.36. The molecule has 1 aromatic rings. The van der Waals surface area contributed by atoms with Crippen molar-refractivity contribution in [3.8, 4) is 0 Å². The highest BCUT2D eigenvalue weighted by Crippen LogP contribution is 1.79. The van der Waals surface area contributed by atoms with Crippen LogP contribution in [-0.4, -0.2) is 4.69 Å². The highest BCUT2D eigenvalue weighted by atomic mass is 79.9. The van der Waals surface area contributed by atoms with Gasteiger partial charge in [-0.15, -0.1) is 0 Å². The molecule has 10 heavy (non-hydrogen) atoms. The molecule has 0 unspecified atom stereocenters. The van der Waals surface area contributed by atoms with E-state index in [1.807, 2.05) is 36.4 Å². The highest BCUT2D eigenvalue weighted by molar-refractivity contribution is 9.18. The molecule has 1 rings (SSSR count). The van der Waals surface area contributed by atoms with Gasteiger partial charge in [-0.2, -0.15) is 0 Å². The SMILES string of the molecule is CC(=O)Br.c1ccccc1. The summed E-state index contributed by atoms with van der Waals surface area (Å²) < 4.78 is -0.0208. The number of carbonyl (C=O) groups excluding carboxylic acids is 1. The second-order valence-corrected chi connectivity index (χ2v) is 2.74. The van der Waals surface area contributed by atoms with E-state index in [-0.39, 0.29) is 4.69 Å². The Labute approximate surface area is 69.2 Å². The van der Waals surface area contributed by atoms with Gasteiger partial charge in [0.25, 0.3) is 0 Å². The molecule has 0 heterocycles. The van der Waals surface area contributed by atoms with Crippen molar-refractivity contribution in [1.29, 1.82) is 0 Å². The fourth-order valence-electron chi connectivity index (χ4n) is 0.385. The Morgan fingerprint density at radius 2 is 1.10 bits per heavy atom. The Balaban J connectivity index is 0.000000180. The Morgan fingerprint density at radius 1 is 1.00 bits per heavy atom. The van der Waals surface area contributed by atoms with E-state index in [1.54, 1.807) is 0 Å². The molecule has 0 spiro atoms. The predicted molar refractivity (Wildman–Crippen MR) is 46.1 cm³/mol. The van der Waals surface area contributed by atoms with Crippen molar-refractivity contribution in [2.24, 2.45) is 0 Å². The molecule has 1 aromatic carbocycles. The first-order valence-electron chi connectivity index (χ1n) is 2.89. The van der Waals surface area contributed by atoms with Crippen LogP contribution in [0, 0.1) is 0 Å². The number of halogens is 1. The van der Waals surface area contributed by atoms with Gasteiger partial charge in [-0.3, -0.25) is 4.79 Å². The van der Waals surface area contributed by atoms with Crippen LogP contribution in [0.25, 0.3) is 0 Å². The maximum Gasteiger partial charge on any atom is 0.194 e. The van der Waals surface area contributed by atoms with Crippen molar-refractivity contribution in [2.75, 3.05) is 0 Å². The smallest absolute Gasteiger partial charge is 0.194 e. The van der Waals surface area contributed by atoms with Crippen LogP contribution in [0.3, 0.4) is 0 Å². The lowest BCUT2D eigenvalue weighted by Crippen LogP contribution is -1.60. The molecule has 0 bridgehead atoms. The standard InChI is InChI=1S/C6H6.C2H3BrO/c1-2-4-6-5-3-1;1-2(3)4/h1-6H;1H3. The van der Waals surface area contributed by atoms with E-state index in [0.717, 1.165) is 0 Å². The van der Waals surface area contributed by atoms with E-state index < -0.39 is 0 Å². The molecule has 0 amide bonds. The molecule has 0 radical (unpaired) electrons. The molecule has 0 aromatic heterocycles. The Bertz CT molecular complexity index is 141. The Morgan fingerprint density at radius 3 is 1.20 bits per heavy atom. The lowest BCUT2D eigenvalue weighted by atomic mass is 10.4. The zero-order chi connectivity index (χ0) is 7.82. The van der Waals surface area contributed by atoms with Crippen LogP contribution in [0.5, 0.6) is 0 Å². The van der Waals surface area contributed by atoms with Gasteiger partial charge >= 0.3 is 0 Å². The highest BCUT2D eigenvalue weighted by Gasteiger charge is 1.66. The van der Waals surface area contributed by atoms with Crippen LogP contribution in [0.4, 0.5) is 0 Å². The van der Waals surface area contributed by atoms with Crippen LogP contribution in [0.15, 0.2) is 36.4 Å². The van der Waals surface area contributed by atoms with Gasteiger partial charge in [-0.25, -0.2) is 0 Å². The minimum absolute atomic E-state index is 0.0208. The van der Waals surface area contributed by atoms with Gasteiger partial charge in [0.2, 0.25) is 0 Å². The summed E-state index contributed by atoms with van der Waals surface area (Å²) in [6.45, 7) is 1.44. The van der Waals surface area contributed by atoms with Gasteiger partial charge in [0.05, 0.1) is 0 Å². The molecule has 0 atom stereocenters. The minimum atomic E-state index is -0.0208. The summed E-state index contributed by atoms with van der Waals surface area (Å²) in [6, 6.07) is 12.0. The molecule has 54 valence electrons. The van der Waals surface area contributed by atoms with Crippen LogP contribution in [-0.2, 0) is 4.79 Å². The average molecular weight is 201 g/mol. The van der Waals surface area contributed by atoms with E-state index in [4.69, 9.17) is 0 Å². The number of benzene rings is 1. The lowest BCUT2D eigenvalue weighted by molar-refractivity contribution is -0.108. The number of rotatable bonds is 0. The van der Waals surface area contributed by atoms with Crippen molar-refractivity contribution in [3.63, 3.8) is 0 Å². The average Bonchev–Trinajstić information content (AvgIpc) is 1.90. The van der Waals surface area contributed by atoms with Gasteiger partial charge < -0.3 is 0 Å². The van der Waals surface area contributed by atoms with Crippen molar-refractivity contribution in [2.45, 2.75) is 6.92 Å². The predicted octanol–water partition coefficient (Wildman–Crippen LogP) is 2.61. The van der Waals surface area contributed by atoms with Crippen LogP contribution in [0.1, 0.15) is 6.92 Å². The zero-order valence-corrected chi connectivity index (χ0v) is 7.34. The third kappa shape index (κ3) is 10.4. The van der Waals surface area contributed by atoms with Gasteiger partial charge in [-0.05, 0) is 15.9 Å². The van der Waals surface area contributed by atoms with E-state index in [2.05, 4.69) is 15.9 Å². The molecule has 1 nitrogen and oxygen atoms in total. The Kier molecular flexibility index (Phi) is 6.08. The molecule has 0 saturated carbocycles. The normalized spacial score (nSPS) is 7.40. The molecule has 0 aliphatic carbocycles. The third-order valence-electron chi connectivity index (χ3n) is 0.667. The number of hydrogen-bond donors (Lipinski definition) is 0. The van der Waals surface area contributed by atoms with Crippen molar-refractivity contribution < 1.29 is 4.79 Å². The van der Waals surface area contributed by atoms with Gasteiger partial charge in [0, 0.05) is 6.92 Å². The van der Waals surface area contributed by atoms with E-state index >= 15 is 0 Å². The zero-order valence-electron chi connectivity index (χ0n) is 5.75. The summed E-state index contributed by atoms with van der Waals surface area (Å²) in [4.78, 5) is 9.36. The third-order valence-corrected chi connectivity index (χ3v) is 0.667. The molecule has 0 aliphatic rings. The monoisotopic (exact) mass is 200 g/mol. The van der Waals surface area contributed by atoms with Gasteiger partial charge in [0.1, 0.15) is 0 Å². The van der Waals surface area contributed by atoms with Crippen molar-refractivity contribution in [3.05, 3.63) is 36.4 Å². The minimum Gasteiger partial charge on any atom is -0.287 e. The summed E-state index contributed by atoms with van der Waals surface area (Å²) in [5.41, 5.74) is 0. The topological polar surface area (TPSA) is 17.1 Å². The first kappa shape index (κ1) is 9.37. The van der Waals surface area contributed by atoms with Crippen molar-refractivity contribution >= 4 is 20.6 Å². The maximum atomic E-state index is 9.36. The summed E-state index contributed by atoms with van der Waals surface area (Å²) in [6.07, 6.45) is 0. The fraction of sp³-hybridized carbons (Fsp3) is 0.125. The summed E-state index contributed by atoms with van der Waals surface area (Å²) in [7, 11) is 0. The quantitative estimate of drug-likeness (QED) is 0.589. The van der Waals surface area contributed by atoms with E-state index in [1.165, 1.54) is 6.92 Å². The van der Waals surface area contributed by atoms with Crippen LogP contribution in [0.2, 0.25) is 0 Å². The number of carbonyl (C=O) groups is 1. The molecule has 0 aliphatic heterocycles. The van der Waals surface area contributed by atoms with Crippen LogP contribution < -0.4 is 0 Å². The second kappa shape index (κ2) is 6.49. The van der Waals surface area contributed by atoms with Crippen molar-refractivity contribution in [1.82, 2.24) is 0 Å². The number of hydrogen-bond acceptors (Lipinski definition) is 1. The Hall–Kier alpha value is -0.630. The summed E-state index contributed by atoms with van der Waals surface area (Å²) in [5.74, 6) is 0.